The Labute approximate surface area is 190 Å². The Hall–Kier alpha value is -4.14. The summed E-state index contributed by atoms with van der Waals surface area (Å²) in [6, 6.07) is 19.3. The van der Waals surface area contributed by atoms with E-state index in [0.717, 1.165) is 16.8 Å². The second-order valence-electron chi connectivity index (χ2n) is 8.02. The van der Waals surface area contributed by atoms with E-state index in [9.17, 15) is 4.79 Å². The van der Waals surface area contributed by atoms with E-state index in [1.807, 2.05) is 60.7 Å². The van der Waals surface area contributed by atoms with E-state index in [0.29, 0.717) is 25.2 Å². The number of likely N-dealkylation sites (tertiary alicyclic amines) is 1. The van der Waals surface area contributed by atoms with Crippen LogP contribution in [-0.4, -0.2) is 48.1 Å². The third-order valence-corrected chi connectivity index (χ3v) is 6.15. The van der Waals surface area contributed by atoms with Crippen LogP contribution in [0.25, 0.3) is 0 Å². The Morgan fingerprint density at radius 3 is 2.58 bits per heavy atom. The minimum absolute atomic E-state index is 0.220. The predicted octanol–water partition coefficient (Wildman–Crippen LogP) is 3.45. The van der Waals surface area contributed by atoms with Gasteiger partial charge in [0.25, 0.3) is 0 Å². The molecule has 33 heavy (non-hydrogen) atoms. The molecule has 9 heteroatoms. The summed E-state index contributed by atoms with van der Waals surface area (Å²) in [5, 5.41) is 15.0. The van der Waals surface area contributed by atoms with Crippen molar-refractivity contribution in [3.05, 3.63) is 102 Å². The molecule has 1 aliphatic heterocycles. The van der Waals surface area contributed by atoms with Crippen molar-refractivity contribution in [1.29, 1.82) is 0 Å². The summed E-state index contributed by atoms with van der Waals surface area (Å²) in [4.78, 5) is 23.9. The first kappa shape index (κ1) is 20.7. The number of H-pyrrole nitrogens is 1. The van der Waals surface area contributed by atoms with Gasteiger partial charge < -0.3 is 9.64 Å². The van der Waals surface area contributed by atoms with Gasteiger partial charge in [-0.25, -0.2) is 4.79 Å². The summed E-state index contributed by atoms with van der Waals surface area (Å²) in [6.07, 6.45) is 5.77. The molecule has 166 valence electrons. The summed E-state index contributed by atoms with van der Waals surface area (Å²) >= 11 is 0. The second kappa shape index (κ2) is 9.15. The van der Waals surface area contributed by atoms with Gasteiger partial charge in [0, 0.05) is 25.1 Å². The number of nitrogens with zero attached hydrogens (tertiary/aromatic N) is 6. The van der Waals surface area contributed by atoms with Crippen molar-refractivity contribution in [2.45, 2.75) is 30.9 Å². The fraction of sp³-hybridized carbons (Fsp3) is 0.250. The van der Waals surface area contributed by atoms with Crippen molar-refractivity contribution in [3.63, 3.8) is 0 Å². The molecule has 1 amide bonds. The van der Waals surface area contributed by atoms with Crippen molar-refractivity contribution in [2.75, 3.05) is 6.54 Å². The standard InChI is InChI=1S/C24H23N7O2/c32-23(33-17-18-7-3-1-4-8-18)31-14-11-24(22-27-29-30-28-22,21-16-25-12-13-26-21)15-20(31)19-9-5-2-6-10-19/h1-10,12-13,16,20H,11,14-15,17H2,(H,27,28,29,30). The number of aromatic amines is 1. The smallest absolute Gasteiger partial charge is 0.410 e. The number of hydrogen-bond acceptors (Lipinski definition) is 7. The van der Waals surface area contributed by atoms with Crippen LogP contribution in [0.2, 0.25) is 0 Å². The number of amides is 1. The lowest BCUT2D eigenvalue weighted by atomic mass is 9.71. The largest absolute Gasteiger partial charge is 0.445 e. The Balaban J connectivity index is 1.48. The maximum absolute atomic E-state index is 13.2. The Morgan fingerprint density at radius 1 is 1.09 bits per heavy atom. The number of aromatic nitrogens is 6. The van der Waals surface area contributed by atoms with E-state index in [2.05, 4.69) is 30.6 Å². The maximum Gasteiger partial charge on any atom is 0.410 e. The van der Waals surface area contributed by atoms with Crippen molar-refractivity contribution >= 4 is 6.09 Å². The van der Waals surface area contributed by atoms with Crippen LogP contribution in [-0.2, 0) is 16.8 Å². The van der Waals surface area contributed by atoms with Crippen LogP contribution < -0.4 is 0 Å². The molecule has 1 saturated heterocycles. The highest BCUT2D eigenvalue weighted by molar-refractivity contribution is 5.69. The van der Waals surface area contributed by atoms with E-state index in [-0.39, 0.29) is 18.7 Å². The highest BCUT2D eigenvalue weighted by atomic mass is 16.6. The first-order valence-electron chi connectivity index (χ1n) is 10.8. The Morgan fingerprint density at radius 2 is 1.88 bits per heavy atom. The van der Waals surface area contributed by atoms with Crippen LogP contribution in [0, 0.1) is 0 Å². The average Bonchev–Trinajstić information content (AvgIpc) is 3.44. The average molecular weight is 441 g/mol. The zero-order chi connectivity index (χ0) is 22.5. The molecule has 2 atom stereocenters. The summed E-state index contributed by atoms with van der Waals surface area (Å²) < 4.78 is 5.69. The molecule has 0 bridgehead atoms. The fourth-order valence-electron chi connectivity index (χ4n) is 4.46. The van der Waals surface area contributed by atoms with Gasteiger partial charge in [0.15, 0.2) is 5.82 Å². The van der Waals surface area contributed by atoms with Gasteiger partial charge in [-0.15, -0.1) is 10.2 Å². The summed E-state index contributed by atoms with van der Waals surface area (Å²) in [5.74, 6) is 0.543. The van der Waals surface area contributed by atoms with Crippen LogP contribution in [0.1, 0.15) is 41.5 Å². The van der Waals surface area contributed by atoms with Crippen molar-refractivity contribution in [2.24, 2.45) is 0 Å². The lowest BCUT2D eigenvalue weighted by Gasteiger charge is -2.44. The molecule has 2 aromatic carbocycles. The maximum atomic E-state index is 13.2. The SMILES string of the molecule is O=C(OCc1ccccc1)N1CCC(c2cnccn2)(c2nn[nH]n2)CC1c1ccccc1. The third kappa shape index (κ3) is 4.17. The molecule has 5 rings (SSSR count). The number of carbonyl (C=O) groups is 1. The first-order chi connectivity index (χ1) is 16.3. The van der Waals surface area contributed by atoms with Crippen LogP contribution >= 0.6 is 0 Å². The summed E-state index contributed by atoms with van der Waals surface area (Å²) in [7, 11) is 0. The minimum atomic E-state index is -0.641. The number of piperidine rings is 1. The number of carbonyl (C=O) groups excluding carboxylic acids is 1. The van der Waals surface area contributed by atoms with E-state index in [1.54, 1.807) is 23.5 Å². The third-order valence-electron chi connectivity index (χ3n) is 6.15. The predicted molar refractivity (Wildman–Crippen MR) is 119 cm³/mol. The normalized spacial score (nSPS) is 20.4. The molecule has 9 nitrogen and oxygen atoms in total. The zero-order valence-electron chi connectivity index (χ0n) is 17.9. The topological polar surface area (TPSA) is 110 Å². The molecule has 1 fully saturated rings. The molecule has 3 heterocycles. The van der Waals surface area contributed by atoms with E-state index in [1.165, 1.54) is 0 Å². The first-order valence-corrected chi connectivity index (χ1v) is 10.8. The molecular weight excluding hydrogens is 418 g/mol. The van der Waals surface area contributed by atoms with Gasteiger partial charge in [0.1, 0.15) is 6.61 Å². The van der Waals surface area contributed by atoms with Crippen molar-refractivity contribution in [3.8, 4) is 0 Å². The number of ether oxygens (including phenoxy) is 1. The molecule has 2 aromatic heterocycles. The number of hydrogen-bond donors (Lipinski definition) is 1. The monoisotopic (exact) mass is 441 g/mol. The molecule has 4 aromatic rings. The van der Waals surface area contributed by atoms with Crippen LogP contribution in [0.5, 0.6) is 0 Å². The molecule has 0 radical (unpaired) electrons. The fourth-order valence-corrected chi connectivity index (χ4v) is 4.46. The molecule has 0 saturated carbocycles. The Kier molecular flexibility index (Phi) is 5.75. The quantitative estimate of drug-likeness (QED) is 0.505. The summed E-state index contributed by atoms with van der Waals surface area (Å²) in [6.45, 7) is 0.663. The van der Waals surface area contributed by atoms with Gasteiger partial charge >= 0.3 is 6.09 Å². The van der Waals surface area contributed by atoms with Crippen LogP contribution in [0.15, 0.2) is 79.3 Å². The molecule has 0 aliphatic carbocycles. The van der Waals surface area contributed by atoms with E-state index in [4.69, 9.17) is 4.74 Å². The molecule has 0 spiro atoms. The molecule has 1 aliphatic rings. The molecule has 1 N–H and O–H groups in total. The van der Waals surface area contributed by atoms with Gasteiger partial charge in [-0.2, -0.15) is 5.21 Å². The van der Waals surface area contributed by atoms with Gasteiger partial charge in [-0.3, -0.25) is 9.97 Å². The molecular formula is C24H23N7O2. The van der Waals surface area contributed by atoms with Crippen LogP contribution in [0.3, 0.4) is 0 Å². The highest BCUT2D eigenvalue weighted by Crippen LogP contribution is 2.46. The summed E-state index contributed by atoms with van der Waals surface area (Å²) in [5.41, 5.74) is 2.06. The van der Waals surface area contributed by atoms with Gasteiger partial charge in [0.05, 0.1) is 17.2 Å². The second-order valence-corrected chi connectivity index (χ2v) is 8.02. The van der Waals surface area contributed by atoms with E-state index < -0.39 is 5.41 Å². The highest BCUT2D eigenvalue weighted by Gasteiger charge is 2.48. The number of nitrogens with one attached hydrogen (secondary N) is 1. The van der Waals surface area contributed by atoms with Gasteiger partial charge in [0.2, 0.25) is 0 Å². The lowest BCUT2D eigenvalue weighted by Crippen LogP contribution is -2.48. The van der Waals surface area contributed by atoms with Crippen LogP contribution in [0.4, 0.5) is 4.79 Å². The number of rotatable bonds is 5. The van der Waals surface area contributed by atoms with Crippen molar-refractivity contribution < 1.29 is 9.53 Å². The Bertz CT molecular complexity index is 1170. The van der Waals surface area contributed by atoms with Crippen molar-refractivity contribution in [1.82, 2.24) is 35.5 Å². The minimum Gasteiger partial charge on any atom is -0.445 e. The van der Waals surface area contributed by atoms with E-state index >= 15 is 0 Å². The van der Waals surface area contributed by atoms with Gasteiger partial charge in [-0.05, 0) is 24.0 Å². The zero-order valence-corrected chi connectivity index (χ0v) is 17.9. The van der Waals surface area contributed by atoms with Gasteiger partial charge in [-0.1, -0.05) is 65.9 Å². The lowest BCUT2D eigenvalue weighted by molar-refractivity contribution is 0.0532. The number of benzene rings is 2. The molecule has 2 unspecified atom stereocenters. The number of tetrazole rings is 1.